The zero-order valence-electron chi connectivity index (χ0n) is 18.8. The number of thiazole rings is 1. The highest BCUT2D eigenvalue weighted by Crippen LogP contribution is 2.30. The highest BCUT2D eigenvalue weighted by Gasteiger charge is 2.41. The van der Waals surface area contributed by atoms with Crippen molar-refractivity contribution in [1.29, 1.82) is 0 Å². The minimum atomic E-state index is -1.59. The van der Waals surface area contributed by atoms with E-state index in [9.17, 15) is 34.1 Å². The number of aromatic nitrogens is 1. The van der Waals surface area contributed by atoms with Crippen molar-refractivity contribution in [3.8, 4) is 5.75 Å². The molecule has 2 atom stereocenters. The Labute approximate surface area is 208 Å². The van der Waals surface area contributed by atoms with Crippen LogP contribution in [0.5, 0.6) is 5.75 Å². The van der Waals surface area contributed by atoms with Gasteiger partial charge in [0.25, 0.3) is 0 Å². The van der Waals surface area contributed by atoms with Gasteiger partial charge < -0.3 is 36.1 Å². The number of nitrogens with one attached hydrogen (secondary N) is 2. The molecule has 1 aromatic carbocycles. The number of aromatic carboxylic acids is 1. The number of anilines is 1. The number of nitrogens with two attached hydrogens (primary N) is 1. The summed E-state index contributed by atoms with van der Waals surface area (Å²) >= 11 is 1.02. The van der Waals surface area contributed by atoms with Crippen LogP contribution in [0.3, 0.4) is 0 Å². The monoisotopic (exact) mass is 516 g/mol. The molecule has 188 valence electrons. The molecule has 36 heavy (non-hydrogen) atoms. The molecule has 5 amide bonds. The van der Waals surface area contributed by atoms with Crippen molar-refractivity contribution in [3.63, 3.8) is 0 Å². The molecule has 0 bridgehead atoms. The molecule has 0 spiro atoms. The van der Waals surface area contributed by atoms with E-state index in [4.69, 9.17) is 10.4 Å². The summed E-state index contributed by atoms with van der Waals surface area (Å²) in [5, 5.41) is 26.3. The Balaban J connectivity index is 1.53. The molecular formula is C20H21BN6O8S. The van der Waals surface area contributed by atoms with Crippen molar-refractivity contribution in [2.24, 2.45) is 0 Å². The molecule has 1 saturated heterocycles. The summed E-state index contributed by atoms with van der Waals surface area (Å²) in [6, 6.07) is 2.04. The fraction of sp³-hybridized carbons (Fsp3) is 0.300. The van der Waals surface area contributed by atoms with Crippen molar-refractivity contribution in [1.82, 2.24) is 25.4 Å². The number of hydrogen-bond acceptors (Lipinski definition) is 10. The number of hydrogen-bond donors (Lipinski definition) is 5. The number of rotatable bonds is 5. The number of imide groups is 1. The van der Waals surface area contributed by atoms with Gasteiger partial charge in [0, 0.05) is 25.5 Å². The van der Waals surface area contributed by atoms with Gasteiger partial charge in [-0.1, -0.05) is 12.1 Å². The molecule has 0 radical (unpaired) electrons. The van der Waals surface area contributed by atoms with Crippen LogP contribution in [0.4, 0.5) is 9.93 Å². The summed E-state index contributed by atoms with van der Waals surface area (Å²) in [6.45, 7) is 0.0557. The molecule has 14 nitrogen and oxygen atoms in total. The van der Waals surface area contributed by atoms with Gasteiger partial charge in [-0.05, 0) is 18.1 Å². The van der Waals surface area contributed by atoms with Gasteiger partial charge in [-0.2, -0.15) is 0 Å². The Morgan fingerprint density at radius 1 is 1.28 bits per heavy atom. The Bertz CT molecular complexity index is 1250. The van der Waals surface area contributed by atoms with Crippen molar-refractivity contribution >= 4 is 53.3 Å². The predicted molar refractivity (Wildman–Crippen MR) is 125 cm³/mol. The van der Waals surface area contributed by atoms with E-state index in [1.165, 1.54) is 29.5 Å². The number of benzene rings is 1. The van der Waals surface area contributed by atoms with Crippen molar-refractivity contribution < 1.29 is 38.8 Å². The van der Waals surface area contributed by atoms with Gasteiger partial charge >= 0.3 is 30.9 Å². The normalized spacial score (nSPS) is 18.3. The largest absolute Gasteiger partial charge is 0.547 e. The van der Waals surface area contributed by atoms with Crippen LogP contribution in [0.2, 0.25) is 0 Å². The van der Waals surface area contributed by atoms with E-state index in [-0.39, 0.29) is 41.6 Å². The highest BCUT2D eigenvalue weighted by molar-refractivity contribution is 7.13. The lowest BCUT2D eigenvalue weighted by atomic mass is 9.72. The Kier molecular flexibility index (Phi) is 6.81. The van der Waals surface area contributed by atoms with Gasteiger partial charge in [0.2, 0.25) is 5.91 Å². The number of carboxylic acids is 1. The molecule has 6 N–H and O–H groups in total. The third-order valence-corrected chi connectivity index (χ3v) is 6.41. The average Bonchev–Trinajstić information content (AvgIpc) is 3.26. The summed E-state index contributed by atoms with van der Waals surface area (Å²) in [7, 11) is -0.158. The summed E-state index contributed by atoms with van der Waals surface area (Å²) in [4.78, 5) is 67.7. The van der Waals surface area contributed by atoms with E-state index >= 15 is 0 Å². The fourth-order valence-corrected chi connectivity index (χ4v) is 4.40. The van der Waals surface area contributed by atoms with Gasteiger partial charge in [0.05, 0.1) is 17.2 Å². The molecule has 4 rings (SSSR count). The number of nitrogens with zero attached hydrogens (tertiary/aromatic N) is 3. The summed E-state index contributed by atoms with van der Waals surface area (Å²) in [5.74, 6) is -4.94. The fourth-order valence-electron chi connectivity index (χ4n) is 3.82. The number of carbonyl (C=O) groups excluding carboxylic acids is 4. The summed E-state index contributed by atoms with van der Waals surface area (Å²) in [5.41, 5.74) is 6.08. The third-order valence-electron chi connectivity index (χ3n) is 5.72. The quantitative estimate of drug-likeness (QED) is 0.233. The zero-order chi connectivity index (χ0) is 26.1. The van der Waals surface area contributed by atoms with Crippen LogP contribution in [-0.4, -0.2) is 87.8 Å². The van der Waals surface area contributed by atoms with E-state index < -0.39 is 48.8 Å². The van der Waals surface area contributed by atoms with Crippen LogP contribution in [0.1, 0.15) is 27.7 Å². The lowest BCUT2D eigenvalue weighted by molar-refractivity contribution is -0.152. The molecule has 0 saturated carbocycles. The Hall–Kier alpha value is -4.18. The first-order valence-electron chi connectivity index (χ1n) is 10.7. The molecule has 0 aliphatic carbocycles. The molecule has 1 unspecified atom stereocenters. The van der Waals surface area contributed by atoms with Crippen LogP contribution < -0.4 is 21.0 Å². The number of nitrogen functional groups attached to an aromatic ring is 1. The number of urea groups is 1. The second kappa shape index (κ2) is 9.83. The topological polar surface area (TPSA) is 204 Å². The van der Waals surface area contributed by atoms with Gasteiger partial charge in [-0.3, -0.25) is 19.3 Å². The van der Waals surface area contributed by atoms with Crippen LogP contribution in [0, 0.1) is 0 Å². The summed E-state index contributed by atoms with van der Waals surface area (Å²) in [6.07, 6.45) is 0.0364. The van der Waals surface area contributed by atoms with Gasteiger partial charge in [-0.15, -0.1) is 11.3 Å². The molecular weight excluding hydrogens is 495 g/mol. The number of para-hydroxylation sites is 1. The van der Waals surface area contributed by atoms with Gasteiger partial charge in [0.15, 0.2) is 11.2 Å². The lowest BCUT2D eigenvalue weighted by Crippen LogP contribution is -2.59. The van der Waals surface area contributed by atoms with Crippen molar-refractivity contribution in [2.75, 3.05) is 25.9 Å². The van der Waals surface area contributed by atoms with Crippen LogP contribution in [0.15, 0.2) is 23.6 Å². The van der Waals surface area contributed by atoms with E-state index in [1.54, 1.807) is 6.07 Å². The Morgan fingerprint density at radius 2 is 2.03 bits per heavy atom. The van der Waals surface area contributed by atoms with Crippen molar-refractivity contribution in [2.45, 2.75) is 18.4 Å². The smallest absolute Gasteiger partial charge is 0.534 e. The molecule has 3 heterocycles. The van der Waals surface area contributed by atoms with Gasteiger partial charge in [0.1, 0.15) is 5.75 Å². The Morgan fingerprint density at radius 3 is 2.69 bits per heavy atom. The second-order valence-corrected chi connectivity index (χ2v) is 8.99. The first-order chi connectivity index (χ1) is 17.1. The van der Waals surface area contributed by atoms with E-state index in [2.05, 4.69) is 15.6 Å². The first-order valence-corrected chi connectivity index (χ1v) is 11.5. The van der Waals surface area contributed by atoms with E-state index in [0.717, 1.165) is 11.3 Å². The average molecular weight is 516 g/mol. The minimum Gasteiger partial charge on any atom is -0.534 e. The number of fused-ring (bicyclic) bond motifs is 1. The standard InChI is InChI=1S/C20H21BN6O8S/c1-26-5-6-27(17(30)16(26)29)20(33)25-13(11-8-36-19(22)23-11)15(28)24-12-7-9-3-2-4-10(18(31)32)14(9)35-21(12)34/h2-4,8,12-13,34H,5-7H2,1H3,(H2,22,23)(H,24,28)(H,25,33)(H,31,32)/t12-,13?/m0/s1. The van der Waals surface area contributed by atoms with Crippen LogP contribution in [-0.2, 0) is 20.8 Å². The van der Waals surface area contributed by atoms with Crippen LogP contribution >= 0.6 is 11.3 Å². The third kappa shape index (κ3) is 4.80. The SMILES string of the molecule is CN1CCN(C(=O)NC(C(=O)N[C@H]2Cc3cccc(C(=O)O)c3OB2O)c2csc(N)n2)C(=O)C1=O. The predicted octanol–water partition coefficient (Wildman–Crippen LogP) is -1.39. The number of piperazine rings is 1. The molecule has 2 aromatic rings. The maximum atomic E-state index is 13.2. The first kappa shape index (κ1) is 24.9. The highest BCUT2D eigenvalue weighted by atomic mass is 32.1. The number of carbonyl (C=O) groups is 5. The molecule has 16 heteroatoms. The van der Waals surface area contributed by atoms with E-state index in [1.807, 2.05) is 0 Å². The van der Waals surface area contributed by atoms with Gasteiger partial charge in [-0.25, -0.2) is 14.6 Å². The maximum absolute atomic E-state index is 13.2. The molecule has 1 aromatic heterocycles. The number of likely N-dealkylation sites (N-methyl/N-ethyl adjacent to an activating group) is 1. The van der Waals surface area contributed by atoms with Crippen molar-refractivity contribution in [3.05, 3.63) is 40.4 Å². The summed E-state index contributed by atoms with van der Waals surface area (Å²) < 4.78 is 5.38. The molecule has 2 aliphatic heterocycles. The maximum Gasteiger partial charge on any atom is 0.547 e. The number of carboxylic acid groups (broad SMARTS) is 1. The molecule has 2 aliphatic rings. The van der Waals surface area contributed by atoms with Crippen LogP contribution in [0.25, 0.3) is 0 Å². The van der Waals surface area contributed by atoms with E-state index in [0.29, 0.717) is 10.5 Å². The zero-order valence-corrected chi connectivity index (χ0v) is 19.7. The lowest BCUT2D eigenvalue weighted by Gasteiger charge is -2.32. The second-order valence-electron chi connectivity index (χ2n) is 8.10. The number of amides is 5. The minimum absolute atomic E-state index is 0.00151. The molecule has 1 fully saturated rings.